The minimum absolute atomic E-state index is 0.106. The fraction of sp³-hybridized carbons (Fsp3) is 0.781. The maximum Gasteiger partial charge on any atom is 0.306 e. The maximum atomic E-state index is 13.4. The molecular formula is C64H113NO10. The second-order valence-corrected chi connectivity index (χ2v) is 21.1. The number of unbranched alkanes of at least 4 members (excludes halogenated alkanes) is 28. The minimum Gasteiger partial charge on any atom is -0.454 e. The SMILES string of the molecule is CCCCC/C=C\C/C=C\C/C=C\CCCCCCCC(O)C(=O)NC(COC1OC(CO)C(O)C(O)C1OC(=O)CCCCCCCC/C=C/C=C/CCCCC)C(O)/C=C/CCCCCCCCCCCCC. The zero-order valence-corrected chi connectivity index (χ0v) is 47.9. The number of aliphatic hydroxyl groups excluding tert-OH is 5. The van der Waals surface area contributed by atoms with Crippen LogP contribution in [0, 0.1) is 0 Å². The Hall–Kier alpha value is -2.90. The molecule has 8 unspecified atom stereocenters. The van der Waals surface area contributed by atoms with E-state index in [1.807, 2.05) is 6.08 Å². The Balaban J connectivity index is 2.73. The number of hydrogen-bond donors (Lipinski definition) is 6. The number of carbonyl (C=O) groups is 2. The topological polar surface area (TPSA) is 175 Å². The standard InChI is InChI=1S/C64H113NO10/c1-4-7-10-13-16-19-22-25-27-28-29-31-33-36-39-42-45-48-51-57(68)63(72)65-55(56(67)50-47-44-41-38-35-32-24-21-18-15-12-9-6-3)54-73-64-62(61(71)60(70)58(53-66)74-64)75-59(69)52-49-46-43-40-37-34-30-26-23-20-17-14-11-8-5-2/h16-17,19-20,23,25-27,29,31,47,50,55-58,60-62,64,66-68,70-71H,4-15,18,21-22,24,28,30,32-46,48-49,51-54H2,1-3H3,(H,65,72)/b19-16-,20-17+,26-23+,27-25-,31-29-,50-47+. The molecular weight excluding hydrogens is 943 g/mol. The van der Waals surface area contributed by atoms with Crippen molar-refractivity contribution in [3.05, 3.63) is 72.9 Å². The normalized spacial score (nSPS) is 19.7. The third-order valence-electron chi connectivity index (χ3n) is 14.1. The van der Waals surface area contributed by atoms with Crippen molar-refractivity contribution in [3.8, 4) is 0 Å². The molecule has 6 N–H and O–H groups in total. The van der Waals surface area contributed by atoms with Gasteiger partial charge in [-0.2, -0.15) is 0 Å². The van der Waals surface area contributed by atoms with Gasteiger partial charge in [-0.05, 0) is 89.9 Å². The van der Waals surface area contributed by atoms with Crippen LogP contribution in [-0.4, -0.2) is 99.6 Å². The van der Waals surface area contributed by atoms with E-state index in [1.54, 1.807) is 6.08 Å². The Morgan fingerprint density at radius 2 is 0.960 bits per heavy atom. The first-order valence-electron chi connectivity index (χ1n) is 30.7. The molecule has 0 saturated carbocycles. The van der Waals surface area contributed by atoms with E-state index in [1.165, 1.54) is 103 Å². The summed E-state index contributed by atoms with van der Waals surface area (Å²) in [6.45, 7) is 5.72. The largest absolute Gasteiger partial charge is 0.454 e. The summed E-state index contributed by atoms with van der Waals surface area (Å²) >= 11 is 0. The van der Waals surface area contributed by atoms with E-state index in [2.05, 4.69) is 86.8 Å². The lowest BCUT2D eigenvalue weighted by atomic mass is 9.99. The second-order valence-electron chi connectivity index (χ2n) is 21.1. The molecule has 0 aromatic rings. The van der Waals surface area contributed by atoms with Gasteiger partial charge in [-0.15, -0.1) is 0 Å². The number of esters is 1. The number of rotatable bonds is 51. The molecule has 1 amide bonds. The molecule has 1 aliphatic rings. The fourth-order valence-electron chi connectivity index (χ4n) is 9.18. The monoisotopic (exact) mass is 1060 g/mol. The van der Waals surface area contributed by atoms with Crippen LogP contribution in [0.4, 0.5) is 0 Å². The van der Waals surface area contributed by atoms with E-state index in [0.717, 1.165) is 109 Å². The first kappa shape index (κ1) is 70.1. The van der Waals surface area contributed by atoms with E-state index in [-0.39, 0.29) is 19.4 Å². The number of aliphatic hydroxyl groups is 5. The zero-order valence-electron chi connectivity index (χ0n) is 47.9. The molecule has 8 atom stereocenters. The summed E-state index contributed by atoms with van der Waals surface area (Å²) in [6.07, 6.45) is 55.0. The van der Waals surface area contributed by atoms with Gasteiger partial charge in [0.1, 0.15) is 24.4 Å². The van der Waals surface area contributed by atoms with Crippen molar-refractivity contribution in [2.45, 2.75) is 307 Å². The van der Waals surface area contributed by atoms with Gasteiger partial charge in [0.2, 0.25) is 5.91 Å². The van der Waals surface area contributed by atoms with Gasteiger partial charge < -0.3 is 45.1 Å². The Morgan fingerprint density at radius 1 is 0.533 bits per heavy atom. The van der Waals surface area contributed by atoms with E-state index in [0.29, 0.717) is 12.8 Å². The predicted octanol–water partition coefficient (Wildman–Crippen LogP) is 14.4. The van der Waals surface area contributed by atoms with Crippen LogP contribution in [0.5, 0.6) is 0 Å². The molecule has 1 aliphatic heterocycles. The predicted molar refractivity (Wildman–Crippen MR) is 310 cm³/mol. The van der Waals surface area contributed by atoms with Crippen LogP contribution in [0.15, 0.2) is 72.9 Å². The number of allylic oxidation sites excluding steroid dienone is 11. The Bertz CT molecular complexity index is 1490. The van der Waals surface area contributed by atoms with Crippen molar-refractivity contribution < 1.29 is 49.3 Å². The van der Waals surface area contributed by atoms with Gasteiger partial charge >= 0.3 is 5.97 Å². The van der Waals surface area contributed by atoms with Crippen LogP contribution >= 0.6 is 0 Å². The highest BCUT2D eigenvalue weighted by Gasteiger charge is 2.47. The second kappa shape index (κ2) is 51.8. The Morgan fingerprint density at radius 3 is 1.48 bits per heavy atom. The number of amides is 1. The fourth-order valence-corrected chi connectivity index (χ4v) is 9.18. The van der Waals surface area contributed by atoms with Crippen molar-refractivity contribution in [1.29, 1.82) is 0 Å². The molecule has 0 spiro atoms. The average molecular weight is 1060 g/mol. The molecule has 0 aromatic carbocycles. The molecule has 1 rings (SSSR count). The van der Waals surface area contributed by atoms with Crippen molar-refractivity contribution >= 4 is 11.9 Å². The highest BCUT2D eigenvalue weighted by molar-refractivity contribution is 5.80. The maximum absolute atomic E-state index is 13.4. The zero-order chi connectivity index (χ0) is 54.7. The van der Waals surface area contributed by atoms with Crippen LogP contribution in [0.2, 0.25) is 0 Å². The van der Waals surface area contributed by atoms with Gasteiger partial charge in [-0.1, -0.05) is 235 Å². The van der Waals surface area contributed by atoms with Crippen molar-refractivity contribution in [1.82, 2.24) is 5.32 Å². The van der Waals surface area contributed by atoms with Gasteiger partial charge in [0.15, 0.2) is 12.4 Å². The molecule has 75 heavy (non-hydrogen) atoms. The summed E-state index contributed by atoms with van der Waals surface area (Å²) in [6, 6.07) is -1.04. The number of carbonyl (C=O) groups excluding carboxylic acids is 2. The highest BCUT2D eigenvalue weighted by Crippen LogP contribution is 2.26. The average Bonchev–Trinajstić information content (AvgIpc) is 3.41. The molecule has 11 heteroatoms. The number of ether oxygens (including phenoxy) is 3. The van der Waals surface area contributed by atoms with E-state index >= 15 is 0 Å². The molecule has 434 valence electrons. The van der Waals surface area contributed by atoms with Gasteiger partial charge in [0.05, 0.1) is 25.4 Å². The molecule has 1 heterocycles. The molecule has 0 aromatic heterocycles. The lowest BCUT2D eigenvalue weighted by molar-refractivity contribution is -0.305. The highest BCUT2D eigenvalue weighted by atomic mass is 16.7. The van der Waals surface area contributed by atoms with Crippen LogP contribution in [0.25, 0.3) is 0 Å². The van der Waals surface area contributed by atoms with Crippen LogP contribution < -0.4 is 5.32 Å². The lowest BCUT2D eigenvalue weighted by Gasteiger charge is -2.41. The lowest BCUT2D eigenvalue weighted by Crippen LogP contribution is -2.61. The Labute approximate surface area is 458 Å². The summed E-state index contributed by atoms with van der Waals surface area (Å²) in [4.78, 5) is 26.5. The van der Waals surface area contributed by atoms with Crippen LogP contribution in [0.3, 0.4) is 0 Å². The number of hydrogen-bond acceptors (Lipinski definition) is 10. The van der Waals surface area contributed by atoms with Gasteiger partial charge in [-0.25, -0.2) is 0 Å². The third kappa shape index (κ3) is 40.0. The van der Waals surface area contributed by atoms with Crippen LogP contribution in [0.1, 0.15) is 258 Å². The van der Waals surface area contributed by atoms with Gasteiger partial charge in [-0.3, -0.25) is 9.59 Å². The number of nitrogens with one attached hydrogen (secondary N) is 1. The summed E-state index contributed by atoms with van der Waals surface area (Å²) < 4.78 is 17.6. The van der Waals surface area contributed by atoms with Gasteiger partial charge in [0, 0.05) is 6.42 Å². The third-order valence-corrected chi connectivity index (χ3v) is 14.1. The van der Waals surface area contributed by atoms with E-state index in [9.17, 15) is 35.1 Å². The quantitative estimate of drug-likeness (QED) is 0.0149. The van der Waals surface area contributed by atoms with E-state index < -0.39 is 67.4 Å². The summed E-state index contributed by atoms with van der Waals surface area (Å²) in [5.41, 5.74) is 0. The smallest absolute Gasteiger partial charge is 0.306 e. The molecule has 0 radical (unpaired) electrons. The van der Waals surface area contributed by atoms with Crippen molar-refractivity contribution in [2.24, 2.45) is 0 Å². The minimum atomic E-state index is -1.62. The Kier molecular flexibility index (Phi) is 48.5. The summed E-state index contributed by atoms with van der Waals surface area (Å²) in [5, 5.41) is 56.9. The van der Waals surface area contributed by atoms with E-state index in [4.69, 9.17) is 14.2 Å². The molecule has 1 saturated heterocycles. The van der Waals surface area contributed by atoms with Crippen molar-refractivity contribution in [2.75, 3.05) is 13.2 Å². The van der Waals surface area contributed by atoms with Crippen molar-refractivity contribution in [3.63, 3.8) is 0 Å². The molecule has 1 fully saturated rings. The first-order chi connectivity index (χ1) is 36.7. The molecule has 11 nitrogen and oxygen atoms in total. The molecule has 0 bridgehead atoms. The first-order valence-corrected chi connectivity index (χ1v) is 30.7. The van der Waals surface area contributed by atoms with Gasteiger partial charge in [0.25, 0.3) is 0 Å². The summed E-state index contributed by atoms with van der Waals surface area (Å²) in [7, 11) is 0. The summed E-state index contributed by atoms with van der Waals surface area (Å²) in [5.74, 6) is -1.22. The van der Waals surface area contributed by atoms with Crippen LogP contribution in [-0.2, 0) is 23.8 Å². The molecule has 0 aliphatic carbocycles.